The van der Waals surface area contributed by atoms with Gasteiger partial charge >= 0.3 is 0 Å². The van der Waals surface area contributed by atoms with Gasteiger partial charge in [-0.1, -0.05) is 13.3 Å². The minimum absolute atomic E-state index is 0.116. The van der Waals surface area contributed by atoms with E-state index in [2.05, 4.69) is 0 Å². The number of halogens is 1. The molecule has 0 aromatic rings. The van der Waals surface area contributed by atoms with E-state index in [1.165, 1.54) is 6.92 Å². The molecule has 0 aliphatic carbocycles. The molecule has 0 saturated carbocycles. The number of aliphatic hydroxyl groups excluding tert-OH is 1. The average Bonchev–Trinajstić information content (AvgIpc) is 1.82. The van der Waals surface area contributed by atoms with E-state index >= 15 is 0 Å². The summed E-state index contributed by atoms with van der Waals surface area (Å²) in [5.74, 6) is 0.157. The molecule has 0 bridgehead atoms. The van der Waals surface area contributed by atoms with Crippen LogP contribution in [0.3, 0.4) is 0 Å². The van der Waals surface area contributed by atoms with Gasteiger partial charge in [0.1, 0.15) is 0 Å². The Balaban J connectivity index is 3.31. The van der Waals surface area contributed by atoms with E-state index in [1.54, 1.807) is 0 Å². The summed E-state index contributed by atoms with van der Waals surface area (Å²) in [7, 11) is 0. The number of hydrogen-bond donors (Lipinski definition) is 1. The van der Waals surface area contributed by atoms with E-state index in [0.717, 1.165) is 6.42 Å². The van der Waals surface area contributed by atoms with Gasteiger partial charge in [-0.05, 0) is 19.3 Å². The molecule has 0 aliphatic heterocycles. The van der Waals surface area contributed by atoms with E-state index < -0.39 is 6.17 Å². The van der Waals surface area contributed by atoms with Crippen molar-refractivity contribution >= 4 is 0 Å². The molecule has 1 nitrogen and oxygen atoms in total. The first kappa shape index (κ1) is 8.89. The second kappa shape index (κ2) is 4.74. The molecule has 0 rings (SSSR count). The molecule has 1 N–H and O–H groups in total. The molecule has 0 amide bonds. The van der Waals surface area contributed by atoms with Crippen molar-refractivity contribution in [3.05, 3.63) is 0 Å². The van der Waals surface area contributed by atoms with Crippen LogP contribution in [0.15, 0.2) is 0 Å². The normalized spacial score (nSPS) is 17.3. The zero-order valence-electron chi connectivity index (χ0n) is 6.10. The predicted octanol–water partition coefficient (Wildman–Crippen LogP) is 1.75. The van der Waals surface area contributed by atoms with Crippen molar-refractivity contribution in [3.63, 3.8) is 0 Å². The van der Waals surface area contributed by atoms with Gasteiger partial charge in [0.25, 0.3) is 0 Å². The lowest BCUT2D eigenvalue weighted by Gasteiger charge is -2.10. The Hall–Kier alpha value is -0.110. The lowest BCUT2D eigenvalue weighted by molar-refractivity contribution is 0.182. The first-order chi connectivity index (χ1) is 4.20. The predicted molar refractivity (Wildman–Crippen MR) is 36.1 cm³/mol. The van der Waals surface area contributed by atoms with Gasteiger partial charge in [-0.25, -0.2) is 4.39 Å². The third-order valence-corrected chi connectivity index (χ3v) is 1.49. The Morgan fingerprint density at radius 3 is 2.22 bits per heavy atom. The highest BCUT2D eigenvalue weighted by Crippen LogP contribution is 2.11. The molecular formula is C7H15FO. The quantitative estimate of drug-likeness (QED) is 0.621. The van der Waals surface area contributed by atoms with Crippen LogP contribution in [0.4, 0.5) is 4.39 Å². The molecule has 2 unspecified atom stereocenters. The van der Waals surface area contributed by atoms with Gasteiger partial charge < -0.3 is 5.11 Å². The number of aliphatic hydroxyl groups is 1. The van der Waals surface area contributed by atoms with Crippen LogP contribution < -0.4 is 0 Å². The van der Waals surface area contributed by atoms with E-state index in [1.807, 2.05) is 6.92 Å². The molecule has 56 valence electrons. The van der Waals surface area contributed by atoms with E-state index in [-0.39, 0.29) is 12.5 Å². The zero-order chi connectivity index (χ0) is 7.28. The fourth-order valence-corrected chi connectivity index (χ4v) is 0.830. The molecule has 2 atom stereocenters. The highest BCUT2D eigenvalue weighted by molar-refractivity contribution is 4.58. The molecule has 0 aromatic heterocycles. The largest absolute Gasteiger partial charge is 0.396 e. The van der Waals surface area contributed by atoms with Gasteiger partial charge in [0, 0.05) is 6.61 Å². The first-order valence-corrected chi connectivity index (χ1v) is 3.45. The van der Waals surface area contributed by atoms with Crippen LogP contribution in [0.2, 0.25) is 0 Å². The molecule has 0 heterocycles. The van der Waals surface area contributed by atoms with E-state index in [4.69, 9.17) is 5.11 Å². The highest BCUT2D eigenvalue weighted by Gasteiger charge is 2.08. The third kappa shape index (κ3) is 4.40. The summed E-state index contributed by atoms with van der Waals surface area (Å²) in [4.78, 5) is 0. The Kier molecular flexibility index (Phi) is 4.68. The monoisotopic (exact) mass is 134 g/mol. The Labute approximate surface area is 55.9 Å². The summed E-state index contributed by atoms with van der Waals surface area (Å²) in [6.45, 7) is 3.60. The molecule has 0 radical (unpaired) electrons. The van der Waals surface area contributed by atoms with Gasteiger partial charge in [0.15, 0.2) is 0 Å². The molecule has 0 aromatic carbocycles. The molecule has 0 spiro atoms. The Morgan fingerprint density at radius 1 is 1.56 bits per heavy atom. The van der Waals surface area contributed by atoms with Crippen molar-refractivity contribution in [2.75, 3.05) is 6.61 Å². The van der Waals surface area contributed by atoms with Crippen LogP contribution in [-0.4, -0.2) is 17.9 Å². The van der Waals surface area contributed by atoms with E-state index in [9.17, 15) is 4.39 Å². The smallest absolute Gasteiger partial charge is 0.0977 e. The SMILES string of the molecule is CCC(CO)CC(C)F. The topological polar surface area (TPSA) is 20.2 Å². The lowest BCUT2D eigenvalue weighted by Crippen LogP contribution is -2.09. The van der Waals surface area contributed by atoms with Crippen molar-refractivity contribution < 1.29 is 9.50 Å². The summed E-state index contributed by atoms with van der Waals surface area (Å²) in [5, 5.41) is 8.61. The summed E-state index contributed by atoms with van der Waals surface area (Å²) in [5.41, 5.74) is 0. The van der Waals surface area contributed by atoms with E-state index in [0.29, 0.717) is 6.42 Å². The fraction of sp³-hybridized carbons (Fsp3) is 1.00. The van der Waals surface area contributed by atoms with Crippen molar-refractivity contribution in [2.45, 2.75) is 32.9 Å². The van der Waals surface area contributed by atoms with Crippen LogP contribution in [0.1, 0.15) is 26.7 Å². The number of hydrogen-bond acceptors (Lipinski definition) is 1. The Bertz CT molecular complexity index is 59.9. The van der Waals surface area contributed by atoms with Gasteiger partial charge in [-0.2, -0.15) is 0 Å². The maximum absolute atomic E-state index is 12.2. The van der Waals surface area contributed by atoms with Gasteiger partial charge in [0.2, 0.25) is 0 Å². The molecule has 2 heteroatoms. The third-order valence-electron chi connectivity index (χ3n) is 1.49. The number of alkyl halides is 1. The second-order valence-corrected chi connectivity index (χ2v) is 2.47. The maximum atomic E-state index is 12.2. The summed E-state index contributed by atoms with van der Waals surface area (Å²) < 4.78 is 12.2. The lowest BCUT2D eigenvalue weighted by atomic mass is 10.0. The molecule has 0 saturated heterocycles. The van der Waals surface area contributed by atoms with Crippen LogP contribution in [-0.2, 0) is 0 Å². The standard InChI is InChI=1S/C7H15FO/c1-3-7(5-9)4-6(2)8/h6-7,9H,3-5H2,1-2H3. The van der Waals surface area contributed by atoms with Gasteiger partial charge in [-0.15, -0.1) is 0 Å². The van der Waals surface area contributed by atoms with Gasteiger partial charge in [0.05, 0.1) is 6.17 Å². The minimum Gasteiger partial charge on any atom is -0.396 e. The molecular weight excluding hydrogens is 119 g/mol. The summed E-state index contributed by atoms with van der Waals surface area (Å²) >= 11 is 0. The summed E-state index contributed by atoms with van der Waals surface area (Å²) in [6.07, 6.45) is 0.583. The van der Waals surface area contributed by atoms with Crippen molar-refractivity contribution in [1.29, 1.82) is 0 Å². The molecule has 0 fully saturated rings. The zero-order valence-corrected chi connectivity index (χ0v) is 6.10. The maximum Gasteiger partial charge on any atom is 0.0977 e. The first-order valence-electron chi connectivity index (χ1n) is 3.45. The highest BCUT2D eigenvalue weighted by atomic mass is 19.1. The van der Waals surface area contributed by atoms with Crippen LogP contribution in [0.5, 0.6) is 0 Å². The van der Waals surface area contributed by atoms with Gasteiger partial charge in [-0.3, -0.25) is 0 Å². The number of rotatable bonds is 4. The van der Waals surface area contributed by atoms with Crippen LogP contribution in [0, 0.1) is 5.92 Å². The van der Waals surface area contributed by atoms with Crippen LogP contribution in [0.25, 0.3) is 0 Å². The average molecular weight is 134 g/mol. The van der Waals surface area contributed by atoms with Crippen LogP contribution >= 0.6 is 0 Å². The fourth-order valence-electron chi connectivity index (χ4n) is 0.830. The minimum atomic E-state index is -0.776. The summed E-state index contributed by atoms with van der Waals surface area (Å²) in [6, 6.07) is 0. The second-order valence-electron chi connectivity index (χ2n) is 2.47. The van der Waals surface area contributed by atoms with Crippen molar-refractivity contribution in [3.8, 4) is 0 Å². The van der Waals surface area contributed by atoms with Crippen molar-refractivity contribution in [1.82, 2.24) is 0 Å². The Morgan fingerprint density at radius 2 is 2.11 bits per heavy atom. The molecule has 9 heavy (non-hydrogen) atoms. The molecule has 0 aliphatic rings. The van der Waals surface area contributed by atoms with Crippen molar-refractivity contribution in [2.24, 2.45) is 5.92 Å².